The Morgan fingerprint density at radius 2 is 1.76 bits per heavy atom. The number of urea groups is 1. The first-order valence-electron chi connectivity index (χ1n) is 5.78. The van der Waals surface area contributed by atoms with Crippen LogP contribution in [0.1, 0.15) is 15.9 Å². The number of rotatable bonds is 4. The summed E-state index contributed by atoms with van der Waals surface area (Å²) >= 11 is 0. The zero-order chi connectivity index (χ0) is 15.6. The number of carbonyl (C=O) groups is 4. The topological polar surface area (TPSA) is 124 Å². The van der Waals surface area contributed by atoms with Gasteiger partial charge in [0.25, 0.3) is 5.91 Å². The van der Waals surface area contributed by atoms with Crippen molar-refractivity contribution >= 4 is 30.0 Å². The highest BCUT2D eigenvalue weighted by Gasteiger charge is 2.34. The van der Waals surface area contributed by atoms with E-state index in [2.05, 4.69) is 5.32 Å². The van der Waals surface area contributed by atoms with Gasteiger partial charge in [-0.1, -0.05) is 12.1 Å². The Bertz CT molecular complexity index is 662. The third-order valence-corrected chi connectivity index (χ3v) is 2.72. The summed E-state index contributed by atoms with van der Waals surface area (Å²) in [6.45, 7) is -0.722. The van der Waals surface area contributed by atoms with Crippen LogP contribution in [0.3, 0.4) is 0 Å². The van der Waals surface area contributed by atoms with Gasteiger partial charge in [-0.25, -0.2) is 14.5 Å². The number of carboxylic acid groups (broad SMARTS) is 2. The highest BCUT2D eigenvalue weighted by Crippen LogP contribution is 2.14. The van der Waals surface area contributed by atoms with Crippen LogP contribution in [0.15, 0.2) is 30.0 Å². The van der Waals surface area contributed by atoms with Crippen LogP contribution in [0.25, 0.3) is 6.08 Å². The number of hydrogen-bond donors (Lipinski definition) is 3. The van der Waals surface area contributed by atoms with Crippen LogP contribution >= 0.6 is 0 Å². The number of aliphatic carboxylic acids is 1. The number of nitrogens with zero attached hydrogens (tertiary/aromatic N) is 1. The van der Waals surface area contributed by atoms with Crippen LogP contribution in [0.5, 0.6) is 0 Å². The largest absolute Gasteiger partial charge is 0.480 e. The lowest BCUT2D eigenvalue weighted by Gasteiger charge is -2.06. The van der Waals surface area contributed by atoms with Gasteiger partial charge in [-0.15, -0.1) is 0 Å². The summed E-state index contributed by atoms with van der Waals surface area (Å²) in [7, 11) is 0. The Morgan fingerprint density at radius 1 is 1.14 bits per heavy atom. The van der Waals surface area contributed by atoms with E-state index in [4.69, 9.17) is 10.2 Å². The first kappa shape index (κ1) is 14.3. The lowest BCUT2D eigenvalue weighted by atomic mass is 10.1. The Balaban J connectivity index is 2.22. The number of nitrogens with one attached hydrogen (secondary N) is 1. The summed E-state index contributed by atoms with van der Waals surface area (Å²) in [5, 5.41) is 19.6. The second-order valence-corrected chi connectivity index (χ2v) is 4.20. The molecule has 0 saturated carbocycles. The zero-order valence-electron chi connectivity index (χ0n) is 10.6. The summed E-state index contributed by atoms with van der Waals surface area (Å²) < 4.78 is 0. The summed E-state index contributed by atoms with van der Waals surface area (Å²) in [5.41, 5.74) is 0.525. The van der Waals surface area contributed by atoms with E-state index in [0.717, 1.165) is 0 Å². The van der Waals surface area contributed by atoms with Gasteiger partial charge in [-0.05, 0) is 23.8 Å². The highest BCUT2D eigenvalue weighted by molar-refractivity contribution is 6.15. The summed E-state index contributed by atoms with van der Waals surface area (Å²) in [5.74, 6) is -3.12. The number of carboxylic acids is 2. The van der Waals surface area contributed by atoms with Crippen molar-refractivity contribution in [3.63, 3.8) is 0 Å². The highest BCUT2D eigenvalue weighted by atomic mass is 16.4. The molecule has 3 amide bonds. The maximum Gasteiger partial charge on any atom is 0.335 e. The van der Waals surface area contributed by atoms with Gasteiger partial charge < -0.3 is 15.5 Å². The molecule has 0 aromatic heterocycles. The second-order valence-electron chi connectivity index (χ2n) is 4.20. The maximum atomic E-state index is 11.8. The van der Waals surface area contributed by atoms with Gasteiger partial charge in [0.15, 0.2) is 0 Å². The number of imide groups is 1. The van der Waals surface area contributed by atoms with Gasteiger partial charge in [0.2, 0.25) is 0 Å². The smallest absolute Gasteiger partial charge is 0.335 e. The van der Waals surface area contributed by atoms with Crippen LogP contribution in [0, 0.1) is 0 Å². The fourth-order valence-corrected chi connectivity index (χ4v) is 1.74. The fraction of sp³-hybridized carbons (Fsp3) is 0.0769. The lowest BCUT2D eigenvalue weighted by Crippen LogP contribution is -2.35. The van der Waals surface area contributed by atoms with Crippen molar-refractivity contribution < 1.29 is 29.4 Å². The van der Waals surface area contributed by atoms with Crippen molar-refractivity contribution in [2.75, 3.05) is 6.54 Å². The van der Waals surface area contributed by atoms with Crippen molar-refractivity contribution in [3.05, 3.63) is 41.1 Å². The first-order valence-corrected chi connectivity index (χ1v) is 5.78. The first-order chi connectivity index (χ1) is 9.88. The average molecular weight is 290 g/mol. The molecule has 1 aromatic carbocycles. The Morgan fingerprint density at radius 3 is 2.29 bits per heavy atom. The number of benzene rings is 1. The Hall–Kier alpha value is -3.16. The molecule has 0 spiro atoms. The Kier molecular flexibility index (Phi) is 3.70. The molecule has 1 aliphatic rings. The van der Waals surface area contributed by atoms with Crippen molar-refractivity contribution in [3.8, 4) is 0 Å². The molecule has 0 bridgehead atoms. The standard InChI is InChI=1S/C13H10N2O6/c16-10(17)6-15-11(18)9(14-13(15)21)5-7-1-3-8(4-2-7)12(19)20/h1-5H,6H2,(H,14,21)(H,16,17)(H,19,20). The summed E-state index contributed by atoms with van der Waals surface area (Å²) in [6, 6.07) is 4.83. The molecule has 21 heavy (non-hydrogen) atoms. The van der Waals surface area contributed by atoms with E-state index < -0.39 is 30.4 Å². The molecule has 8 heteroatoms. The van der Waals surface area contributed by atoms with E-state index in [1.807, 2.05) is 0 Å². The third-order valence-electron chi connectivity index (χ3n) is 2.72. The normalized spacial score (nSPS) is 16.2. The third kappa shape index (κ3) is 3.06. The molecule has 0 unspecified atom stereocenters. The minimum absolute atomic E-state index is 0.0654. The van der Waals surface area contributed by atoms with Crippen molar-refractivity contribution in [2.24, 2.45) is 0 Å². The summed E-state index contributed by atoms with van der Waals surface area (Å²) in [6.07, 6.45) is 1.34. The number of hydrogen-bond acceptors (Lipinski definition) is 4. The van der Waals surface area contributed by atoms with E-state index in [0.29, 0.717) is 10.5 Å². The van der Waals surface area contributed by atoms with E-state index in [-0.39, 0.29) is 11.3 Å². The second kappa shape index (κ2) is 5.45. The van der Waals surface area contributed by atoms with E-state index in [1.54, 1.807) is 0 Å². The van der Waals surface area contributed by atoms with Gasteiger partial charge >= 0.3 is 18.0 Å². The lowest BCUT2D eigenvalue weighted by molar-refractivity contribution is -0.140. The molecule has 0 aliphatic carbocycles. The molecule has 1 aliphatic heterocycles. The van der Waals surface area contributed by atoms with E-state index in [1.165, 1.54) is 30.3 Å². The number of amides is 3. The Labute approximate surface area is 118 Å². The van der Waals surface area contributed by atoms with Gasteiger partial charge in [0, 0.05) is 0 Å². The quantitative estimate of drug-likeness (QED) is 0.543. The van der Waals surface area contributed by atoms with Crippen LogP contribution < -0.4 is 5.32 Å². The van der Waals surface area contributed by atoms with Crippen molar-refractivity contribution in [1.29, 1.82) is 0 Å². The molecule has 1 saturated heterocycles. The predicted molar refractivity (Wildman–Crippen MR) is 69.3 cm³/mol. The molecule has 1 aromatic rings. The molecule has 0 radical (unpaired) electrons. The zero-order valence-corrected chi connectivity index (χ0v) is 10.6. The van der Waals surface area contributed by atoms with E-state index in [9.17, 15) is 19.2 Å². The van der Waals surface area contributed by atoms with Gasteiger partial charge in [0.1, 0.15) is 12.2 Å². The van der Waals surface area contributed by atoms with Gasteiger partial charge in [0.05, 0.1) is 5.56 Å². The molecule has 3 N–H and O–H groups in total. The SMILES string of the molecule is O=C(O)CN1C(=O)NC(=Cc2ccc(C(=O)O)cc2)C1=O. The van der Waals surface area contributed by atoms with Crippen molar-refractivity contribution in [2.45, 2.75) is 0 Å². The number of carbonyl (C=O) groups excluding carboxylic acids is 2. The van der Waals surface area contributed by atoms with Gasteiger partial charge in [-0.3, -0.25) is 9.59 Å². The molecule has 1 heterocycles. The molecular formula is C13H10N2O6. The molecule has 2 rings (SSSR count). The monoisotopic (exact) mass is 290 g/mol. The minimum atomic E-state index is -1.30. The van der Waals surface area contributed by atoms with Crippen LogP contribution in [0.2, 0.25) is 0 Å². The molecular weight excluding hydrogens is 280 g/mol. The van der Waals surface area contributed by atoms with E-state index >= 15 is 0 Å². The van der Waals surface area contributed by atoms with Crippen molar-refractivity contribution in [1.82, 2.24) is 10.2 Å². The minimum Gasteiger partial charge on any atom is -0.480 e. The number of aromatic carboxylic acids is 1. The molecule has 108 valence electrons. The summed E-state index contributed by atoms with van der Waals surface area (Å²) in [4.78, 5) is 45.2. The van der Waals surface area contributed by atoms with Crippen LogP contribution in [0.4, 0.5) is 4.79 Å². The fourth-order valence-electron chi connectivity index (χ4n) is 1.74. The average Bonchev–Trinajstić information content (AvgIpc) is 2.67. The van der Waals surface area contributed by atoms with Crippen LogP contribution in [-0.2, 0) is 9.59 Å². The molecule has 0 atom stereocenters. The predicted octanol–water partition coefficient (Wildman–Crippen LogP) is 0.362. The van der Waals surface area contributed by atoms with Gasteiger partial charge in [-0.2, -0.15) is 0 Å². The molecule has 1 fully saturated rings. The molecule has 8 nitrogen and oxygen atoms in total. The maximum absolute atomic E-state index is 11.8. The van der Waals surface area contributed by atoms with Crippen LogP contribution in [-0.4, -0.2) is 45.5 Å².